The summed E-state index contributed by atoms with van der Waals surface area (Å²) in [6, 6.07) is 2.78. The second-order valence-corrected chi connectivity index (χ2v) is 6.35. The molecule has 0 saturated heterocycles. The van der Waals surface area contributed by atoms with E-state index in [2.05, 4.69) is 25.7 Å². The van der Waals surface area contributed by atoms with Crippen molar-refractivity contribution in [3.05, 3.63) is 47.9 Å². The number of rotatable bonds is 5. The zero-order chi connectivity index (χ0) is 18.8. The number of nitrogens with zero attached hydrogens (tertiary/aromatic N) is 6. The number of hydrogen-bond donors (Lipinski definition) is 1. The molecule has 27 heavy (non-hydrogen) atoms. The van der Waals surface area contributed by atoms with Crippen LogP contribution in [0.15, 0.2) is 30.7 Å². The summed E-state index contributed by atoms with van der Waals surface area (Å²) in [5.74, 6) is -0.623. The number of fused-ring (bicyclic) bond motifs is 1. The first-order valence-electron chi connectivity index (χ1n) is 8.48. The molecule has 0 radical (unpaired) electrons. The molecule has 0 aromatic carbocycles. The van der Waals surface area contributed by atoms with Crippen molar-refractivity contribution in [1.29, 1.82) is 0 Å². The molecule has 0 aliphatic carbocycles. The van der Waals surface area contributed by atoms with E-state index in [9.17, 15) is 9.18 Å². The lowest BCUT2D eigenvalue weighted by atomic mass is 10.2. The maximum absolute atomic E-state index is 12.8. The molecule has 10 heteroatoms. The zero-order valence-electron chi connectivity index (χ0n) is 14.7. The summed E-state index contributed by atoms with van der Waals surface area (Å²) >= 11 is 0. The van der Waals surface area contributed by atoms with Gasteiger partial charge in [-0.3, -0.25) is 14.5 Å². The maximum Gasteiger partial charge on any atom is 0.226 e. The topological polar surface area (TPSA) is 99.8 Å². The van der Waals surface area contributed by atoms with Crippen LogP contribution < -0.4 is 5.32 Å². The van der Waals surface area contributed by atoms with Crippen molar-refractivity contribution in [2.75, 3.05) is 6.54 Å². The third-order valence-electron chi connectivity index (χ3n) is 4.31. The van der Waals surface area contributed by atoms with E-state index in [1.165, 1.54) is 12.1 Å². The van der Waals surface area contributed by atoms with Crippen molar-refractivity contribution < 1.29 is 13.9 Å². The van der Waals surface area contributed by atoms with E-state index in [1.807, 2.05) is 13.2 Å². The van der Waals surface area contributed by atoms with Gasteiger partial charge in [0.05, 0.1) is 43.8 Å². The number of aryl methyl sites for hydroxylation is 1. The van der Waals surface area contributed by atoms with Gasteiger partial charge in [-0.25, -0.2) is 9.07 Å². The van der Waals surface area contributed by atoms with Crippen molar-refractivity contribution in [2.24, 2.45) is 7.05 Å². The molecule has 1 aliphatic rings. The summed E-state index contributed by atoms with van der Waals surface area (Å²) in [5.41, 5.74) is 3.05. The molecular formula is C17H18FN7O2. The molecule has 1 N–H and O–H groups in total. The van der Waals surface area contributed by atoms with E-state index >= 15 is 0 Å². The van der Waals surface area contributed by atoms with E-state index in [-0.39, 0.29) is 18.4 Å². The summed E-state index contributed by atoms with van der Waals surface area (Å²) in [7, 11) is 1.84. The molecule has 0 unspecified atom stereocenters. The number of hydrogen-bond acceptors (Lipinski definition) is 6. The number of halogens is 1. The van der Waals surface area contributed by atoms with Crippen LogP contribution in [0.1, 0.15) is 11.4 Å². The number of amides is 1. The van der Waals surface area contributed by atoms with Crippen LogP contribution in [-0.4, -0.2) is 48.3 Å². The van der Waals surface area contributed by atoms with E-state index in [1.54, 1.807) is 15.6 Å². The molecule has 0 fully saturated rings. The van der Waals surface area contributed by atoms with Gasteiger partial charge in [0.25, 0.3) is 0 Å². The highest BCUT2D eigenvalue weighted by molar-refractivity contribution is 5.78. The van der Waals surface area contributed by atoms with Crippen molar-refractivity contribution in [3.63, 3.8) is 0 Å². The van der Waals surface area contributed by atoms with E-state index in [0.717, 1.165) is 23.1 Å². The van der Waals surface area contributed by atoms with E-state index in [0.29, 0.717) is 25.4 Å². The largest absolute Gasteiger partial charge is 0.368 e. The van der Waals surface area contributed by atoms with Crippen molar-refractivity contribution in [3.8, 4) is 11.3 Å². The molecule has 1 atom stereocenters. The maximum atomic E-state index is 12.8. The Labute approximate surface area is 154 Å². The van der Waals surface area contributed by atoms with Gasteiger partial charge in [0.1, 0.15) is 11.5 Å². The van der Waals surface area contributed by atoms with Gasteiger partial charge in [-0.15, -0.1) is 5.10 Å². The Hall–Kier alpha value is -3.14. The molecule has 9 nitrogen and oxygen atoms in total. The highest BCUT2D eigenvalue weighted by Crippen LogP contribution is 2.24. The van der Waals surface area contributed by atoms with Crippen LogP contribution in [0.4, 0.5) is 4.39 Å². The third-order valence-corrected chi connectivity index (χ3v) is 4.31. The molecule has 3 aromatic rings. The number of ether oxygens (including phenoxy) is 1. The quantitative estimate of drug-likeness (QED) is 0.700. The fourth-order valence-electron chi connectivity index (χ4n) is 2.92. The normalized spacial score (nSPS) is 16.1. The van der Waals surface area contributed by atoms with Crippen LogP contribution in [0.3, 0.4) is 0 Å². The Morgan fingerprint density at radius 3 is 3.04 bits per heavy atom. The highest BCUT2D eigenvalue weighted by Gasteiger charge is 2.25. The molecule has 4 heterocycles. The van der Waals surface area contributed by atoms with Crippen molar-refractivity contribution in [1.82, 2.24) is 35.1 Å². The minimum absolute atomic E-state index is 0.0900. The SMILES string of the molecule is Cn1cc(-c2nnn3c2CO[C@@H](CNC(=O)Cc2ccc(F)cn2)C3)cn1. The molecule has 0 spiro atoms. The molecular weight excluding hydrogens is 353 g/mol. The Morgan fingerprint density at radius 2 is 2.30 bits per heavy atom. The molecule has 140 valence electrons. The van der Waals surface area contributed by atoms with Crippen LogP contribution in [0.2, 0.25) is 0 Å². The first kappa shape index (κ1) is 17.3. The Morgan fingerprint density at radius 1 is 1.41 bits per heavy atom. The molecule has 0 saturated carbocycles. The van der Waals surface area contributed by atoms with Gasteiger partial charge in [-0.1, -0.05) is 5.21 Å². The Balaban J connectivity index is 1.33. The number of carbonyl (C=O) groups is 1. The van der Waals surface area contributed by atoms with Gasteiger partial charge in [-0.05, 0) is 12.1 Å². The highest BCUT2D eigenvalue weighted by atomic mass is 19.1. The van der Waals surface area contributed by atoms with Crippen LogP contribution in [-0.2, 0) is 36.2 Å². The first-order chi connectivity index (χ1) is 13.1. The summed E-state index contributed by atoms with van der Waals surface area (Å²) in [6.07, 6.45) is 4.60. The Bertz CT molecular complexity index is 951. The number of aromatic nitrogens is 6. The van der Waals surface area contributed by atoms with Crippen LogP contribution in [0.5, 0.6) is 0 Å². The summed E-state index contributed by atoms with van der Waals surface area (Å²) in [5, 5.41) is 15.4. The van der Waals surface area contributed by atoms with Gasteiger partial charge in [0.2, 0.25) is 5.91 Å². The van der Waals surface area contributed by atoms with Gasteiger partial charge >= 0.3 is 0 Å². The molecule has 1 aliphatic heterocycles. The lowest BCUT2D eigenvalue weighted by Crippen LogP contribution is -2.39. The second kappa shape index (κ2) is 7.23. The lowest BCUT2D eigenvalue weighted by Gasteiger charge is -2.24. The number of nitrogens with one attached hydrogen (secondary N) is 1. The summed E-state index contributed by atoms with van der Waals surface area (Å²) in [6.45, 7) is 1.20. The fraction of sp³-hybridized carbons (Fsp3) is 0.353. The monoisotopic (exact) mass is 371 g/mol. The average Bonchev–Trinajstić information content (AvgIpc) is 3.27. The molecule has 4 rings (SSSR count). The van der Waals surface area contributed by atoms with Gasteiger partial charge in [0.15, 0.2) is 0 Å². The van der Waals surface area contributed by atoms with Crippen molar-refractivity contribution >= 4 is 5.91 Å². The lowest BCUT2D eigenvalue weighted by molar-refractivity contribution is -0.121. The average molecular weight is 371 g/mol. The summed E-state index contributed by atoms with van der Waals surface area (Å²) in [4.78, 5) is 15.9. The first-order valence-corrected chi connectivity index (χ1v) is 8.48. The van der Waals surface area contributed by atoms with Crippen LogP contribution in [0.25, 0.3) is 11.3 Å². The van der Waals surface area contributed by atoms with Crippen LogP contribution in [0, 0.1) is 5.82 Å². The predicted molar refractivity (Wildman–Crippen MR) is 91.7 cm³/mol. The minimum Gasteiger partial charge on any atom is -0.368 e. The van der Waals surface area contributed by atoms with Crippen molar-refractivity contribution in [2.45, 2.75) is 25.7 Å². The summed E-state index contributed by atoms with van der Waals surface area (Å²) < 4.78 is 22.2. The fourth-order valence-corrected chi connectivity index (χ4v) is 2.92. The van der Waals surface area contributed by atoms with Gasteiger partial charge in [0, 0.05) is 31.0 Å². The van der Waals surface area contributed by atoms with Gasteiger partial charge < -0.3 is 10.1 Å². The second-order valence-electron chi connectivity index (χ2n) is 6.35. The molecule has 1 amide bonds. The number of pyridine rings is 1. The predicted octanol–water partition coefficient (Wildman–Crippen LogP) is 0.470. The standard InChI is InChI=1S/C17H18FN7O2/c1-24-8-11(5-21-24)17-15-10-27-14(9-25(15)23-22-17)7-20-16(26)4-13-3-2-12(18)6-19-13/h2-3,5-6,8,14H,4,7,9-10H2,1H3,(H,20,26)/t14-/m0/s1. The van der Waals surface area contributed by atoms with E-state index in [4.69, 9.17) is 4.74 Å². The van der Waals surface area contributed by atoms with E-state index < -0.39 is 5.82 Å². The smallest absolute Gasteiger partial charge is 0.226 e. The molecule has 0 bridgehead atoms. The third kappa shape index (κ3) is 3.85. The molecule has 3 aromatic heterocycles. The number of carbonyl (C=O) groups excluding carboxylic acids is 1. The Kier molecular flexibility index (Phi) is 4.63. The van der Waals surface area contributed by atoms with Crippen LogP contribution >= 0.6 is 0 Å². The minimum atomic E-state index is -0.427. The van der Waals surface area contributed by atoms with Gasteiger partial charge in [-0.2, -0.15) is 5.10 Å². The zero-order valence-corrected chi connectivity index (χ0v) is 14.7.